The summed E-state index contributed by atoms with van der Waals surface area (Å²) in [4.78, 5) is 46.2. The standard InChI is InChI=1S/C18H30N4O8/c19-21-16(24)4-7-27-9-11-29-13-14-30-12-10-28-8-5-20-15(23)3-6-22-17(25)1-2-18(22)26/h1-2H,3-14,19H2,(H,20,23)(H,21,24). The highest BCUT2D eigenvalue weighted by atomic mass is 16.6. The van der Waals surface area contributed by atoms with Crippen LogP contribution in [0.5, 0.6) is 0 Å². The predicted octanol–water partition coefficient (Wildman–Crippen LogP) is -2.14. The zero-order valence-corrected chi connectivity index (χ0v) is 16.9. The average molecular weight is 430 g/mol. The van der Waals surface area contributed by atoms with Crippen LogP contribution in [0.4, 0.5) is 0 Å². The van der Waals surface area contributed by atoms with E-state index >= 15 is 0 Å². The molecule has 0 aromatic heterocycles. The second-order valence-electron chi connectivity index (χ2n) is 6.03. The summed E-state index contributed by atoms with van der Waals surface area (Å²) in [6, 6.07) is 0. The lowest BCUT2D eigenvalue weighted by Gasteiger charge is -2.13. The van der Waals surface area contributed by atoms with Crippen LogP contribution in [0.1, 0.15) is 12.8 Å². The molecule has 1 aliphatic rings. The SMILES string of the molecule is NNC(=O)CCOCCOCCOCCOCCNC(=O)CCN1C(=O)C=CC1=O. The Balaban J connectivity index is 1.79. The number of imide groups is 1. The third-order valence-corrected chi connectivity index (χ3v) is 3.78. The largest absolute Gasteiger partial charge is 0.379 e. The quantitative estimate of drug-likeness (QED) is 0.0725. The number of nitrogens with one attached hydrogen (secondary N) is 2. The van der Waals surface area contributed by atoms with Gasteiger partial charge in [0.1, 0.15) is 0 Å². The molecule has 0 aliphatic carbocycles. The van der Waals surface area contributed by atoms with E-state index in [9.17, 15) is 19.2 Å². The minimum absolute atomic E-state index is 0.0519. The van der Waals surface area contributed by atoms with Crippen molar-refractivity contribution in [3.63, 3.8) is 0 Å². The maximum atomic E-state index is 11.7. The monoisotopic (exact) mass is 430 g/mol. The van der Waals surface area contributed by atoms with Crippen molar-refractivity contribution in [1.29, 1.82) is 0 Å². The number of hydrazine groups is 1. The summed E-state index contributed by atoms with van der Waals surface area (Å²) in [5, 5.41) is 2.65. The van der Waals surface area contributed by atoms with Crippen LogP contribution in [0.3, 0.4) is 0 Å². The molecule has 0 aromatic rings. The molecule has 12 heteroatoms. The van der Waals surface area contributed by atoms with E-state index in [1.807, 2.05) is 5.43 Å². The number of nitrogens with two attached hydrogens (primary N) is 1. The van der Waals surface area contributed by atoms with Crippen molar-refractivity contribution in [1.82, 2.24) is 15.6 Å². The van der Waals surface area contributed by atoms with Crippen molar-refractivity contribution in [3.05, 3.63) is 12.2 Å². The summed E-state index contributed by atoms with van der Waals surface area (Å²) in [6.07, 6.45) is 2.63. The van der Waals surface area contributed by atoms with E-state index in [1.54, 1.807) is 0 Å². The molecule has 0 bridgehead atoms. The van der Waals surface area contributed by atoms with Gasteiger partial charge in [-0.2, -0.15) is 0 Å². The number of hydrogen-bond acceptors (Lipinski definition) is 9. The first-order valence-corrected chi connectivity index (χ1v) is 9.65. The van der Waals surface area contributed by atoms with E-state index in [0.717, 1.165) is 4.90 Å². The highest BCUT2D eigenvalue weighted by Crippen LogP contribution is 2.03. The minimum atomic E-state index is -0.399. The number of hydrogen-bond donors (Lipinski definition) is 3. The summed E-state index contributed by atoms with van der Waals surface area (Å²) in [6.45, 7) is 3.40. The van der Waals surface area contributed by atoms with Crippen LogP contribution >= 0.6 is 0 Å². The van der Waals surface area contributed by atoms with Gasteiger partial charge in [-0.05, 0) is 0 Å². The first-order chi connectivity index (χ1) is 14.5. The third-order valence-electron chi connectivity index (χ3n) is 3.78. The molecule has 0 saturated carbocycles. The lowest BCUT2D eigenvalue weighted by atomic mass is 10.3. The van der Waals surface area contributed by atoms with Crippen molar-refractivity contribution >= 4 is 23.6 Å². The van der Waals surface area contributed by atoms with Crippen LogP contribution in [-0.2, 0) is 38.1 Å². The van der Waals surface area contributed by atoms with E-state index in [4.69, 9.17) is 24.8 Å². The highest BCUT2D eigenvalue weighted by molar-refractivity contribution is 6.13. The van der Waals surface area contributed by atoms with Crippen molar-refractivity contribution in [2.45, 2.75) is 12.8 Å². The Kier molecular flexibility index (Phi) is 14.0. The normalized spacial score (nSPS) is 13.2. The Hall–Kier alpha value is -2.38. The number of amides is 4. The van der Waals surface area contributed by atoms with Crippen molar-refractivity contribution in [2.75, 3.05) is 65.9 Å². The Labute approximate surface area is 175 Å². The molecule has 12 nitrogen and oxygen atoms in total. The Morgan fingerprint density at radius 1 is 0.767 bits per heavy atom. The second-order valence-corrected chi connectivity index (χ2v) is 6.03. The number of ether oxygens (including phenoxy) is 4. The fourth-order valence-electron chi connectivity index (χ4n) is 2.21. The molecule has 0 aromatic carbocycles. The van der Waals surface area contributed by atoms with E-state index in [2.05, 4.69) is 5.32 Å². The lowest BCUT2D eigenvalue weighted by Crippen LogP contribution is -2.35. The zero-order valence-electron chi connectivity index (χ0n) is 16.9. The summed E-state index contributed by atoms with van der Waals surface area (Å²) in [7, 11) is 0. The van der Waals surface area contributed by atoms with E-state index in [1.165, 1.54) is 12.2 Å². The van der Waals surface area contributed by atoms with E-state index in [0.29, 0.717) is 52.8 Å². The number of nitrogens with zero attached hydrogens (tertiary/aromatic N) is 1. The Morgan fingerprint density at radius 2 is 1.27 bits per heavy atom. The number of carbonyl (C=O) groups excluding carboxylic acids is 4. The van der Waals surface area contributed by atoms with Crippen molar-refractivity contribution in [2.24, 2.45) is 5.84 Å². The highest BCUT2D eigenvalue weighted by Gasteiger charge is 2.23. The van der Waals surface area contributed by atoms with Gasteiger partial charge in [-0.15, -0.1) is 0 Å². The minimum Gasteiger partial charge on any atom is -0.379 e. The zero-order chi connectivity index (χ0) is 22.0. The molecule has 0 radical (unpaired) electrons. The van der Waals surface area contributed by atoms with Crippen LogP contribution in [0, 0.1) is 0 Å². The molecular formula is C18H30N4O8. The molecule has 4 N–H and O–H groups in total. The smallest absolute Gasteiger partial charge is 0.253 e. The van der Waals surface area contributed by atoms with Gasteiger partial charge in [0.15, 0.2) is 0 Å². The molecule has 1 aliphatic heterocycles. The van der Waals surface area contributed by atoms with Crippen LogP contribution in [-0.4, -0.2) is 94.5 Å². The topological polar surface area (TPSA) is 159 Å². The van der Waals surface area contributed by atoms with Crippen LogP contribution in [0.15, 0.2) is 12.2 Å². The summed E-state index contributed by atoms with van der Waals surface area (Å²) in [5.74, 6) is 3.60. The number of rotatable bonds is 18. The van der Waals surface area contributed by atoms with E-state index in [-0.39, 0.29) is 37.8 Å². The molecule has 0 fully saturated rings. The maximum Gasteiger partial charge on any atom is 0.253 e. The van der Waals surface area contributed by atoms with Gasteiger partial charge in [0.25, 0.3) is 11.8 Å². The van der Waals surface area contributed by atoms with Crippen LogP contribution in [0.2, 0.25) is 0 Å². The van der Waals surface area contributed by atoms with Crippen LogP contribution < -0.4 is 16.6 Å². The van der Waals surface area contributed by atoms with Crippen LogP contribution in [0.25, 0.3) is 0 Å². The average Bonchev–Trinajstić information content (AvgIpc) is 3.06. The molecule has 30 heavy (non-hydrogen) atoms. The third kappa shape index (κ3) is 12.2. The Morgan fingerprint density at radius 3 is 1.80 bits per heavy atom. The Bertz CT molecular complexity index is 567. The van der Waals surface area contributed by atoms with Crippen molar-refractivity contribution < 1.29 is 38.1 Å². The predicted molar refractivity (Wildman–Crippen MR) is 104 cm³/mol. The second kappa shape index (κ2) is 16.4. The molecule has 170 valence electrons. The number of carbonyl (C=O) groups is 4. The van der Waals surface area contributed by atoms with Gasteiger partial charge in [0.2, 0.25) is 11.8 Å². The fourth-order valence-corrected chi connectivity index (χ4v) is 2.21. The van der Waals surface area contributed by atoms with Gasteiger partial charge in [0, 0.05) is 31.7 Å². The molecular weight excluding hydrogens is 400 g/mol. The molecule has 1 heterocycles. The maximum absolute atomic E-state index is 11.7. The fraction of sp³-hybridized carbons (Fsp3) is 0.667. The molecule has 0 unspecified atom stereocenters. The van der Waals surface area contributed by atoms with Gasteiger partial charge in [-0.25, -0.2) is 5.84 Å². The molecule has 0 atom stereocenters. The summed E-state index contributed by atoms with van der Waals surface area (Å²) in [5.41, 5.74) is 2.01. The van der Waals surface area contributed by atoms with Gasteiger partial charge >= 0.3 is 0 Å². The first kappa shape index (κ1) is 25.7. The van der Waals surface area contributed by atoms with Gasteiger partial charge in [-0.3, -0.25) is 29.5 Å². The molecule has 4 amide bonds. The first-order valence-electron chi connectivity index (χ1n) is 9.65. The van der Waals surface area contributed by atoms with Gasteiger partial charge in [-0.1, -0.05) is 0 Å². The van der Waals surface area contributed by atoms with E-state index < -0.39 is 11.8 Å². The molecule has 0 spiro atoms. The molecule has 1 rings (SSSR count). The van der Waals surface area contributed by atoms with Gasteiger partial charge in [0.05, 0.1) is 59.3 Å². The lowest BCUT2D eigenvalue weighted by molar-refractivity contribution is -0.137. The van der Waals surface area contributed by atoms with Crippen molar-refractivity contribution in [3.8, 4) is 0 Å². The summed E-state index contributed by atoms with van der Waals surface area (Å²) >= 11 is 0. The molecule has 0 saturated heterocycles. The van der Waals surface area contributed by atoms with Gasteiger partial charge < -0.3 is 24.3 Å². The summed E-state index contributed by atoms with van der Waals surface area (Å²) < 4.78 is 21.1.